The van der Waals surface area contributed by atoms with Crippen molar-refractivity contribution < 1.29 is 0 Å². The lowest BCUT2D eigenvalue weighted by Gasteiger charge is -2.07. The summed E-state index contributed by atoms with van der Waals surface area (Å²) in [6.45, 7) is 2.04. The Morgan fingerprint density at radius 2 is 2.07 bits per heavy atom. The minimum absolute atomic E-state index is 0.559. The Balaban J connectivity index is 2.99. The van der Waals surface area contributed by atoms with E-state index in [0.717, 1.165) is 10.9 Å². The third-order valence-corrected chi connectivity index (χ3v) is 3.00. The van der Waals surface area contributed by atoms with E-state index in [-0.39, 0.29) is 0 Å². The van der Waals surface area contributed by atoms with E-state index in [2.05, 4.69) is 12.1 Å². The first-order valence-corrected chi connectivity index (χ1v) is 5.05. The van der Waals surface area contributed by atoms with Gasteiger partial charge in [-0.1, -0.05) is 24.4 Å². The van der Waals surface area contributed by atoms with Gasteiger partial charge in [-0.15, -0.1) is 0 Å². The molecule has 1 heterocycles. The van der Waals surface area contributed by atoms with Crippen molar-refractivity contribution in [2.75, 3.05) is 0 Å². The number of aromatic nitrogens is 1. The first kappa shape index (κ1) is 9.88. The standard InChI is InChI=1S/C12H10N2S/c1-8-3-4-9-6-10(7-13)12(15)14(2)11(9)5-8/h3-6H,1-2H3. The summed E-state index contributed by atoms with van der Waals surface area (Å²) in [6, 6.07) is 10.1. The van der Waals surface area contributed by atoms with Gasteiger partial charge in [-0.25, -0.2) is 0 Å². The van der Waals surface area contributed by atoms with Crippen molar-refractivity contribution in [1.82, 2.24) is 4.57 Å². The lowest BCUT2D eigenvalue weighted by molar-refractivity contribution is 0.930. The highest BCUT2D eigenvalue weighted by Crippen LogP contribution is 2.18. The summed E-state index contributed by atoms with van der Waals surface area (Å²) in [5.41, 5.74) is 2.82. The van der Waals surface area contributed by atoms with Crippen LogP contribution in [0.3, 0.4) is 0 Å². The quantitative estimate of drug-likeness (QED) is 0.630. The van der Waals surface area contributed by atoms with Gasteiger partial charge in [-0.3, -0.25) is 0 Å². The summed E-state index contributed by atoms with van der Waals surface area (Å²) in [5, 5.41) is 9.98. The smallest absolute Gasteiger partial charge is 0.124 e. The summed E-state index contributed by atoms with van der Waals surface area (Å²) in [6.07, 6.45) is 0. The maximum atomic E-state index is 8.93. The fourth-order valence-electron chi connectivity index (χ4n) is 1.65. The van der Waals surface area contributed by atoms with Crippen molar-refractivity contribution in [1.29, 1.82) is 5.26 Å². The van der Waals surface area contributed by atoms with Crippen molar-refractivity contribution in [3.05, 3.63) is 40.0 Å². The van der Waals surface area contributed by atoms with Crippen LogP contribution in [0.1, 0.15) is 11.1 Å². The molecule has 0 N–H and O–H groups in total. The summed E-state index contributed by atoms with van der Waals surface area (Å²) in [7, 11) is 1.89. The highest BCUT2D eigenvalue weighted by molar-refractivity contribution is 7.71. The maximum Gasteiger partial charge on any atom is 0.124 e. The van der Waals surface area contributed by atoms with Gasteiger partial charge in [0.15, 0.2) is 0 Å². The van der Waals surface area contributed by atoms with Gasteiger partial charge in [0.1, 0.15) is 10.7 Å². The van der Waals surface area contributed by atoms with Gasteiger partial charge in [0, 0.05) is 12.6 Å². The monoisotopic (exact) mass is 214 g/mol. The number of fused-ring (bicyclic) bond motifs is 1. The molecule has 0 aliphatic heterocycles. The fourth-order valence-corrected chi connectivity index (χ4v) is 1.86. The topological polar surface area (TPSA) is 28.7 Å². The molecule has 0 amide bonds. The molecule has 0 atom stereocenters. The van der Waals surface area contributed by atoms with Crippen LogP contribution in [0.4, 0.5) is 0 Å². The average Bonchev–Trinajstić information content (AvgIpc) is 2.24. The second-order valence-electron chi connectivity index (χ2n) is 3.60. The number of nitrogens with zero attached hydrogens (tertiary/aromatic N) is 2. The normalized spacial score (nSPS) is 10.2. The molecular formula is C12H10N2S. The molecule has 0 fully saturated rings. The zero-order valence-electron chi connectivity index (χ0n) is 8.61. The molecule has 15 heavy (non-hydrogen) atoms. The number of pyridine rings is 1. The van der Waals surface area contributed by atoms with E-state index in [1.165, 1.54) is 5.56 Å². The minimum Gasteiger partial charge on any atom is -0.334 e. The third kappa shape index (κ3) is 1.53. The lowest BCUT2D eigenvalue weighted by Crippen LogP contribution is -1.97. The Morgan fingerprint density at radius 3 is 2.73 bits per heavy atom. The number of aryl methyl sites for hydroxylation is 2. The van der Waals surface area contributed by atoms with Crippen LogP contribution in [-0.2, 0) is 7.05 Å². The van der Waals surface area contributed by atoms with Gasteiger partial charge in [-0.2, -0.15) is 5.26 Å². The first-order valence-electron chi connectivity index (χ1n) is 4.64. The molecule has 0 radical (unpaired) electrons. The van der Waals surface area contributed by atoms with Crippen LogP contribution in [-0.4, -0.2) is 4.57 Å². The first-order chi connectivity index (χ1) is 7.13. The van der Waals surface area contributed by atoms with Crippen LogP contribution in [0.15, 0.2) is 24.3 Å². The molecule has 0 unspecified atom stereocenters. The zero-order chi connectivity index (χ0) is 11.0. The second-order valence-corrected chi connectivity index (χ2v) is 3.98. The lowest BCUT2D eigenvalue weighted by atomic mass is 10.1. The van der Waals surface area contributed by atoms with Gasteiger partial charge in [0.05, 0.1) is 5.56 Å². The van der Waals surface area contributed by atoms with Gasteiger partial charge in [0.2, 0.25) is 0 Å². The van der Waals surface area contributed by atoms with E-state index in [1.807, 2.05) is 36.7 Å². The molecule has 0 bridgehead atoms. The number of hydrogen-bond acceptors (Lipinski definition) is 2. The molecular weight excluding hydrogens is 204 g/mol. The molecule has 2 aromatic rings. The Morgan fingerprint density at radius 1 is 1.33 bits per heavy atom. The molecule has 2 rings (SSSR count). The molecule has 1 aromatic carbocycles. The van der Waals surface area contributed by atoms with Crippen LogP contribution < -0.4 is 0 Å². The van der Waals surface area contributed by atoms with Gasteiger partial charge in [-0.05, 0) is 30.0 Å². The molecule has 0 aliphatic carbocycles. The van der Waals surface area contributed by atoms with E-state index in [1.54, 1.807) is 0 Å². The summed E-state index contributed by atoms with van der Waals surface area (Å²) in [4.78, 5) is 0. The predicted molar refractivity (Wildman–Crippen MR) is 63.2 cm³/mol. The number of benzene rings is 1. The van der Waals surface area contributed by atoms with Crippen molar-refractivity contribution >= 4 is 23.1 Å². The Labute approximate surface area is 93.4 Å². The molecule has 0 saturated carbocycles. The highest BCUT2D eigenvalue weighted by atomic mass is 32.1. The number of hydrogen-bond donors (Lipinski definition) is 0. The highest BCUT2D eigenvalue weighted by Gasteiger charge is 2.02. The van der Waals surface area contributed by atoms with Crippen LogP contribution in [0.5, 0.6) is 0 Å². The largest absolute Gasteiger partial charge is 0.334 e. The summed E-state index contributed by atoms with van der Waals surface area (Å²) in [5.74, 6) is 0. The van der Waals surface area contributed by atoms with E-state index in [4.69, 9.17) is 17.5 Å². The van der Waals surface area contributed by atoms with Crippen LogP contribution in [0, 0.1) is 22.9 Å². The molecule has 0 saturated heterocycles. The Kier molecular flexibility index (Phi) is 2.29. The average molecular weight is 214 g/mol. The fraction of sp³-hybridized carbons (Fsp3) is 0.167. The molecule has 3 heteroatoms. The molecule has 0 aliphatic rings. The predicted octanol–water partition coefficient (Wildman–Crippen LogP) is 3.09. The maximum absolute atomic E-state index is 8.93. The van der Waals surface area contributed by atoms with Crippen molar-refractivity contribution in [3.8, 4) is 6.07 Å². The van der Waals surface area contributed by atoms with E-state index < -0.39 is 0 Å². The Bertz CT molecular complexity index is 632. The molecule has 1 aromatic heterocycles. The van der Waals surface area contributed by atoms with Crippen LogP contribution >= 0.6 is 12.2 Å². The van der Waals surface area contributed by atoms with Crippen molar-refractivity contribution in [3.63, 3.8) is 0 Å². The van der Waals surface area contributed by atoms with E-state index >= 15 is 0 Å². The summed E-state index contributed by atoms with van der Waals surface area (Å²) >= 11 is 5.20. The zero-order valence-corrected chi connectivity index (χ0v) is 9.43. The van der Waals surface area contributed by atoms with Crippen molar-refractivity contribution in [2.45, 2.75) is 6.92 Å². The van der Waals surface area contributed by atoms with Gasteiger partial charge >= 0.3 is 0 Å². The SMILES string of the molecule is Cc1ccc2cc(C#N)c(=S)n(C)c2c1. The van der Waals surface area contributed by atoms with Crippen LogP contribution in [0.2, 0.25) is 0 Å². The van der Waals surface area contributed by atoms with Gasteiger partial charge in [0.25, 0.3) is 0 Å². The number of nitriles is 1. The van der Waals surface area contributed by atoms with Crippen molar-refractivity contribution in [2.24, 2.45) is 7.05 Å². The van der Waals surface area contributed by atoms with E-state index in [9.17, 15) is 0 Å². The minimum atomic E-state index is 0.559. The number of rotatable bonds is 0. The van der Waals surface area contributed by atoms with Crippen LogP contribution in [0.25, 0.3) is 10.9 Å². The van der Waals surface area contributed by atoms with Gasteiger partial charge < -0.3 is 4.57 Å². The Hall–Kier alpha value is -1.66. The second kappa shape index (κ2) is 3.48. The molecule has 74 valence electrons. The van der Waals surface area contributed by atoms with E-state index in [0.29, 0.717) is 10.2 Å². The molecule has 2 nitrogen and oxygen atoms in total. The molecule has 0 spiro atoms. The third-order valence-electron chi connectivity index (χ3n) is 2.50. The summed E-state index contributed by atoms with van der Waals surface area (Å²) < 4.78 is 2.48.